The van der Waals surface area contributed by atoms with Gasteiger partial charge in [-0.1, -0.05) is 18.2 Å². The second-order valence-electron chi connectivity index (χ2n) is 4.56. The van der Waals surface area contributed by atoms with Gasteiger partial charge in [-0.2, -0.15) is 5.10 Å². The van der Waals surface area contributed by atoms with Crippen molar-refractivity contribution in [1.29, 1.82) is 0 Å². The molecule has 4 heteroatoms. The number of phenols is 1. The highest BCUT2D eigenvalue weighted by molar-refractivity contribution is 7.98. The number of fused-ring (bicyclic) bond motifs is 1. The highest BCUT2D eigenvalue weighted by atomic mass is 32.2. The van der Waals surface area contributed by atoms with Gasteiger partial charge in [0, 0.05) is 22.6 Å². The van der Waals surface area contributed by atoms with Crippen LogP contribution in [0, 0.1) is 0 Å². The second-order valence-corrected chi connectivity index (χ2v) is 5.61. The van der Waals surface area contributed by atoms with E-state index in [-0.39, 0.29) is 0 Å². The van der Waals surface area contributed by atoms with E-state index in [0.29, 0.717) is 5.75 Å². The maximum absolute atomic E-state index is 9.29. The predicted molar refractivity (Wildman–Crippen MR) is 83.1 cm³/mol. The van der Waals surface area contributed by atoms with Crippen LogP contribution in [-0.2, 0) is 12.3 Å². The molecule has 0 saturated heterocycles. The average Bonchev–Trinajstić information content (AvgIpc) is 2.85. The Bertz CT molecular complexity index is 719. The first kappa shape index (κ1) is 13.1. The van der Waals surface area contributed by atoms with Gasteiger partial charge in [-0.3, -0.25) is 4.68 Å². The molecule has 0 aliphatic heterocycles. The molecule has 0 spiro atoms. The van der Waals surface area contributed by atoms with Crippen molar-refractivity contribution in [2.45, 2.75) is 24.1 Å². The van der Waals surface area contributed by atoms with Crippen LogP contribution in [0.1, 0.15) is 12.6 Å². The molecule has 3 nitrogen and oxygen atoms in total. The fourth-order valence-electron chi connectivity index (χ4n) is 2.24. The molecule has 0 fully saturated rings. The van der Waals surface area contributed by atoms with Crippen LogP contribution in [0.25, 0.3) is 10.9 Å². The Morgan fingerprint density at radius 2 is 1.85 bits per heavy atom. The van der Waals surface area contributed by atoms with Gasteiger partial charge >= 0.3 is 0 Å². The van der Waals surface area contributed by atoms with E-state index in [1.54, 1.807) is 23.9 Å². The molecular formula is C16H16N2OS. The van der Waals surface area contributed by atoms with Crippen LogP contribution in [0.2, 0.25) is 0 Å². The van der Waals surface area contributed by atoms with Crippen molar-refractivity contribution in [3.63, 3.8) is 0 Å². The van der Waals surface area contributed by atoms with Gasteiger partial charge in [0.15, 0.2) is 0 Å². The molecule has 1 N–H and O–H groups in total. The Hall–Kier alpha value is -1.94. The number of aryl methyl sites for hydroxylation is 1. The van der Waals surface area contributed by atoms with E-state index in [4.69, 9.17) is 0 Å². The SMILES string of the molecule is CCn1nc(CSc2ccc(O)cc2)c2ccccc21. The molecule has 0 radical (unpaired) electrons. The molecule has 0 amide bonds. The Morgan fingerprint density at radius 3 is 2.60 bits per heavy atom. The molecule has 0 aliphatic rings. The Morgan fingerprint density at radius 1 is 1.10 bits per heavy atom. The van der Waals surface area contributed by atoms with Gasteiger partial charge in [0.05, 0.1) is 11.2 Å². The standard InChI is InChI=1S/C16H16N2OS/c1-2-18-16-6-4-3-5-14(16)15(17-18)11-20-13-9-7-12(19)8-10-13/h3-10,19H,2,11H2,1H3. The minimum absolute atomic E-state index is 0.301. The summed E-state index contributed by atoms with van der Waals surface area (Å²) in [6.07, 6.45) is 0. The predicted octanol–water partition coefficient (Wildman–Crippen LogP) is 4.05. The van der Waals surface area contributed by atoms with Crippen LogP contribution in [0.3, 0.4) is 0 Å². The highest BCUT2D eigenvalue weighted by Gasteiger charge is 2.09. The van der Waals surface area contributed by atoms with Gasteiger partial charge in [0.2, 0.25) is 0 Å². The lowest BCUT2D eigenvalue weighted by Crippen LogP contribution is -1.96. The summed E-state index contributed by atoms with van der Waals surface area (Å²) in [7, 11) is 0. The molecule has 0 unspecified atom stereocenters. The lowest BCUT2D eigenvalue weighted by molar-refractivity contribution is 0.475. The third-order valence-electron chi connectivity index (χ3n) is 3.25. The number of phenolic OH excluding ortho intramolecular Hbond substituents is 1. The number of para-hydroxylation sites is 1. The number of aromatic hydroxyl groups is 1. The molecule has 0 saturated carbocycles. The number of benzene rings is 2. The number of hydrogen-bond donors (Lipinski definition) is 1. The van der Waals surface area contributed by atoms with E-state index < -0.39 is 0 Å². The van der Waals surface area contributed by atoms with Crippen LogP contribution in [0.15, 0.2) is 53.4 Å². The number of rotatable bonds is 4. The second kappa shape index (κ2) is 5.59. The number of nitrogens with zero attached hydrogens (tertiary/aromatic N) is 2. The largest absolute Gasteiger partial charge is 0.508 e. The van der Waals surface area contributed by atoms with Gasteiger partial charge in [0.1, 0.15) is 5.75 Å². The number of thioether (sulfide) groups is 1. The summed E-state index contributed by atoms with van der Waals surface area (Å²) in [4.78, 5) is 1.14. The Labute approximate surface area is 122 Å². The molecule has 1 heterocycles. The van der Waals surface area contributed by atoms with E-state index >= 15 is 0 Å². The van der Waals surface area contributed by atoms with E-state index in [9.17, 15) is 5.11 Å². The third kappa shape index (κ3) is 2.51. The van der Waals surface area contributed by atoms with Crippen molar-refractivity contribution < 1.29 is 5.11 Å². The summed E-state index contributed by atoms with van der Waals surface area (Å²) >= 11 is 1.73. The summed E-state index contributed by atoms with van der Waals surface area (Å²) in [6.45, 7) is 2.99. The van der Waals surface area contributed by atoms with Crippen molar-refractivity contribution in [2.24, 2.45) is 0 Å². The zero-order valence-electron chi connectivity index (χ0n) is 11.3. The summed E-state index contributed by atoms with van der Waals surface area (Å²) in [5.74, 6) is 1.13. The quantitative estimate of drug-likeness (QED) is 0.734. The Balaban J connectivity index is 1.85. The Kier molecular flexibility index (Phi) is 3.65. The smallest absolute Gasteiger partial charge is 0.115 e. The summed E-state index contributed by atoms with van der Waals surface area (Å²) in [5, 5.41) is 15.2. The zero-order chi connectivity index (χ0) is 13.9. The molecule has 3 aromatic rings. The average molecular weight is 284 g/mol. The van der Waals surface area contributed by atoms with E-state index in [0.717, 1.165) is 22.9 Å². The lowest BCUT2D eigenvalue weighted by atomic mass is 10.2. The van der Waals surface area contributed by atoms with Gasteiger partial charge in [-0.05, 0) is 37.3 Å². The lowest BCUT2D eigenvalue weighted by Gasteiger charge is -2.00. The topological polar surface area (TPSA) is 38.0 Å². The van der Waals surface area contributed by atoms with E-state index in [2.05, 4.69) is 30.2 Å². The van der Waals surface area contributed by atoms with Crippen LogP contribution >= 0.6 is 11.8 Å². The minimum atomic E-state index is 0.301. The molecule has 2 aromatic carbocycles. The molecule has 0 atom stereocenters. The van der Waals surface area contributed by atoms with E-state index in [1.165, 1.54) is 10.9 Å². The van der Waals surface area contributed by atoms with Crippen molar-refractivity contribution in [2.75, 3.05) is 0 Å². The van der Waals surface area contributed by atoms with Crippen LogP contribution in [0.4, 0.5) is 0 Å². The van der Waals surface area contributed by atoms with Gasteiger partial charge in [0.25, 0.3) is 0 Å². The van der Waals surface area contributed by atoms with Gasteiger partial charge in [-0.15, -0.1) is 11.8 Å². The zero-order valence-corrected chi connectivity index (χ0v) is 12.1. The van der Waals surface area contributed by atoms with Gasteiger partial charge < -0.3 is 5.11 Å². The first-order chi connectivity index (χ1) is 9.78. The number of hydrogen-bond acceptors (Lipinski definition) is 3. The summed E-state index contributed by atoms with van der Waals surface area (Å²) < 4.78 is 2.04. The highest BCUT2D eigenvalue weighted by Crippen LogP contribution is 2.27. The first-order valence-corrected chi connectivity index (χ1v) is 7.62. The molecular weight excluding hydrogens is 268 g/mol. The van der Waals surface area contributed by atoms with Crippen molar-refractivity contribution in [3.8, 4) is 5.75 Å². The first-order valence-electron chi connectivity index (χ1n) is 6.64. The van der Waals surface area contributed by atoms with Gasteiger partial charge in [-0.25, -0.2) is 0 Å². The van der Waals surface area contributed by atoms with Crippen LogP contribution in [-0.4, -0.2) is 14.9 Å². The summed E-state index contributed by atoms with van der Waals surface area (Å²) in [6, 6.07) is 15.6. The monoisotopic (exact) mass is 284 g/mol. The van der Waals surface area contributed by atoms with Crippen LogP contribution < -0.4 is 0 Å². The molecule has 1 aromatic heterocycles. The fraction of sp³-hybridized carbons (Fsp3) is 0.188. The maximum Gasteiger partial charge on any atom is 0.115 e. The normalized spacial score (nSPS) is 11.1. The number of aromatic nitrogens is 2. The molecule has 0 bridgehead atoms. The third-order valence-corrected chi connectivity index (χ3v) is 4.27. The molecule has 102 valence electrons. The molecule has 0 aliphatic carbocycles. The fourth-order valence-corrected chi connectivity index (χ4v) is 3.08. The van der Waals surface area contributed by atoms with Crippen molar-refractivity contribution in [1.82, 2.24) is 9.78 Å². The van der Waals surface area contributed by atoms with Crippen molar-refractivity contribution in [3.05, 3.63) is 54.2 Å². The van der Waals surface area contributed by atoms with Crippen LogP contribution in [0.5, 0.6) is 5.75 Å². The minimum Gasteiger partial charge on any atom is -0.508 e. The maximum atomic E-state index is 9.29. The summed E-state index contributed by atoms with van der Waals surface area (Å²) in [5.41, 5.74) is 2.30. The van der Waals surface area contributed by atoms with Crippen molar-refractivity contribution >= 4 is 22.7 Å². The molecule has 3 rings (SSSR count). The molecule has 20 heavy (non-hydrogen) atoms. The van der Waals surface area contributed by atoms with E-state index in [1.807, 2.05) is 22.9 Å².